The maximum atomic E-state index is 7.23. The van der Waals surface area contributed by atoms with Gasteiger partial charge in [-0.15, -0.1) is 0 Å². The molecule has 0 radical (unpaired) electrons. The second-order valence-corrected chi connectivity index (χ2v) is 36.6. The van der Waals surface area contributed by atoms with E-state index in [9.17, 15) is 0 Å². The van der Waals surface area contributed by atoms with E-state index in [1.165, 1.54) is 22.3 Å². The molecule has 2 unspecified atom stereocenters. The quantitative estimate of drug-likeness (QED) is 0.454. The van der Waals surface area contributed by atoms with Gasteiger partial charge in [0.25, 0.3) is 0 Å². The topological polar surface area (TPSA) is 0 Å². The van der Waals surface area contributed by atoms with Crippen LogP contribution in [0.5, 0.6) is 0 Å². The van der Waals surface area contributed by atoms with Crippen molar-refractivity contribution in [2.24, 2.45) is 0 Å². The average Bonchev–Trinajstić information content (AvgIpc) is 3.12. The SMILES string of the molecule is [CH2]=[Hf]([Cl])([Cl])([CH]1C=Cc2ccccc21)[CH]1C=Cc2ccccc21. The van der Waals surface area contributed by atoms with E-state index in [4.69, 9.17) is 17.2 Å². The van der Waals surface area contributed by atoms with Gasteiger partial charge in [0.15, 0.2) is 0 Å². The van der Waals surface area contributed by atoms with Gasteiger partial charge in [-0.05, 0) is 0 Å². The Bertz CT molecular complexity index is 818. The Labute approximate surface area is 138 Å². The monoisotopic (exact) mass is 494 g/mol. The number of hydrogen-bond donors (Lipinski definition) is 0. The summed E-state index contributed by atoms with van der Waals surface area (Å²) in [5, 5.41) is 0. The molecule has 4 rings (SSSR count). The van der Waals surface area contributed by atoms with E-state index in [0.29, 0.717) is 0 Å². The summed E-state index contributed by atoms with van der Waals surface area (Å²) in [5.74, 6) is 0. The first-order valence-corrected chi connectivity index (χ1v) is 23.0. The van der Waals surface area contributed by atoms with Gasteiger partial charge in [-0.1, -0.05) is 0 Å². The molecule has 2 aromatic rings. The molecule has 0 N–H and O–H groups in total. The van der Waals surface area contributed by atoms with Gasteiger partial charge < -0.3 is 0 Å². The molecule has 0 aliphatic heterocycles. The van der Waals surface area contributed by atoms with E-state index >= 15 is 0 Å². The van der Waals surface area contributed by atoms with Crippen molar-refractivity contribution in [3.63, 3.8) is 0 Å². The molecule has 2 aliphatic carbocycles. The first kappa shape index (κ1) is 14.8. The van der Waals surface area contributed by atoms with Crippen molar-refractivity contribution in [3.05, 3.63) is 82.9 Å². The van der Waals surface area contributed by atoms with E-state index < -0.39 is 15.7 Å². The summed E-state index contributed by atoms with van der Waals surface area (Å²) in [5.41, 5.74) is 4.90. The molecule has 0 amide bonds. The summed E-state index contributed by atoms with van der Waals surface area (Å²) < 4.78 is 4.65. The van der Waals surface area contributed by atoms with Gasteiger partial charge in [0, 0.05) is 0 Å². The van der Waals surface area contributed by atoms with E-state index in [1.54, 1.807) is 0 Å². The van der Waals surface area contributed by atoms with Crippen molar-refractivity contribution in [1.29, 1.82) is 0 Å². The molecule has 0 nitrogen and oxygen atoms in total. The van der Waals surface area contributed by atoms with Crippen LogP contribution in [0.3, 0.4) is 0 Å². The van der Waals surface area contributed by atoms with Crippen LogP contribution in [0.1, 0.15) is 29.6 Å². The first-order chi connectivity index (χ1) is 10.5. The Kier molecular flexibility index (Phi) is 3.28. The van der Waals surface area contributed by atoms with Crippen LogP contribution in [0.4, 0.5) is 0 Å². The Balaban J connectivity index is 1.86. The molecule has 0 aromatic heterocycles. The summed E-state index contributed by atoms with van der Waals surface area (Å²) >= 11 is -4.48. The van der Waals surface area contributed by atoms with E-state index in [-0.39, 0.29) is 7.35 Å². The fraction of sp³-hybridized carbons (Fsp3) is 0.105. The third-order valence-corrected chi connectivity index (χ3v) is 25.3. The normalized spacial score (nSPS) is 22.7. The molecule has 22 heavy (non-hydrogen) atoms. The Morgan fingerprint density at radius 3 is 1.59 bits per heavy atom. The third kappa shape index (κ3) is 2.10. The minimum absolute atomic E-state index is 0.0670. The van der Waals surface area contributed by atoms with Gasteiger partial charge in [0.2, 0.25) is 0 Å². The molecule has 0 fully saturated rings. The van der Waals surface area contributed by atoms with E-state index in [1.807, 2.05) is 12.1 Å². The van der Waals surface area contributed by atoms with Crippen LogP contribution in [-0.4, -0.2) is 4.26 Å². The van der Waals surface area contributed by atoms with E-state index in [2.05, 4.69) is 65.0 Å². The number of hydrogen-bond acceptors (Lipinski definition) is 0. The molecule has 0 heterocycles. The Morgan fingerprint density at radius 1 is 0.727 bits per heavy atom. The number of allylic oxidation sites excluding steroid dienone is 2. The Morgan fingerprint density at radius 2 is 1.14 bits per heavy atom. The average molecular weight is 494 g/mol. The second kappa shape index (κ2) is 4.87. The number of benzene rings is 2. The Hall–Kier alpha value is -0.760. The fourth-order valence-corrected chi connectivity index (χ4v) is 21.3. The van der Waals surface area contributed by atoms with Crippen molar-refractivity contribution < 1.29 is 15.7 Å². The zero-order valence-electron chi connectivity index (χ0n) is 12.0. The maximum absolute atomic E-state index is 7.23. The van der Waals surface area contributed by atoms with Crippen LogP contribution in [0.2, 0.25) is 0 Å². The van der Waals surface area contributed by atoms with Crippen LogP contribution in [0, 0.1) is 0 Å². The van der Waals surface area contributed by atoms with Crippen LogP contribution < -0.4 is 0 Å². The van der Waals surface area contributed by atoms with Crippen LogP contribution in [0.15, 0.2) is 60.7 Å². The summed E-state index contributed by atoms with van der Waals surface area (Å²) in [7, 11) is 14.5. The van der Waals surface area contributed by atoms with Crippen LogP contribution >= 0.6 is 17.2 Å². The van der Waals surface area contributed by atoms with Crippen LogP contribution in [-0.2, 0) is 15.7 Å². The van der Waals surface area contributed by atoms with Crippen LogP contribution in [0.25, 0.3) is 12.2 Å². The number of rotatable bonds is 2. The zero-order valence-corrected chi connectivity index (χ0v) is 17.2. The molecule has 2 aromatic carbocycles. The standard InChI is InChI=1S/2C9H7.CH2.2ClH.Hf/c2*1-2-5-9-7-3-6-8(9)4-1;;;;/h2*1-7H;1H2;2*1H;/q;;;;;+2/p-2. The molecule has 0 spiro atoms. The minimum atomic E-state index is -4.48. The molecule has 110 valence electrons. The van der Waals surface area contributed by atoms with Gasteiger partial charge in [-0.25, -0.2) is 0 Å². The molecule has 2 aliphatic rings. The molecule has 0 saturated carbocycles. The second-order valence-electron chi connectivity index (χ2n) is 6.28. The predicted molar refractivity (Wildman–Crippen MR) is 95.3 cm³/mol. The summed E-state index contributed by atoms with van der Waals surface area (Å²) in [6.07, 6.45) is 8.61. The predicted octanol–water partition coefficient (Wildman–Crippen LogP) is 5.95. The molecular formula is C19H16Cl2Hf. The van der Waals surface area contributed by atoms with Gasteiger partial charge in [-0.3, -0.25) is 0 Å². The molecular weight excluding hydrogens is 478 g/mol. The molecule has 3 heteroatoms. The number of halogens is 2. The molecule has 0 saturated heterocycles. The summed E-state index contributed by atoms with van der Waals surface area (Å²) in [4.78, 5) is 0. The van der Waals surface area contributed by atoms with Crippen molar-refractivity contribution >= 4 is 33.6 Å². The van der Waals surface area contributed by atoms with Crippen molar-refractivity contribution in [2.75, 3.05) is 0 Å². The molecule has 2 atom stereocenters. The fourth-order valence-electron chi connectivity index (χ4n) is 3.72. The summed E-state index contributed by atoms with van der Waals surface area (Å²) in [6, 6.07) is 16.7. The molecule has 0 bridgehead atoms. The van der Waals surface area contributed by atoms with Gasteiger partial charge in [0.1, 0.15) is 0 Å². The summed E-state index contributed by atoms with van der Waals surface area (Å²) in [6.45, 7) is 0. The first-order valence-electron chi connectivity index (χ1n) is 7.45. The van der Waals surface area contributed by atoms with Crippen molar-refractivity contribution in [1.82, 2.24) is 0 Å². The van der Waals surface area contributed by atoms with Gasteiger partial charge in [0.05, 0.1) is 0 Å². The van der Waals surface area contributed by atoms with Crippen molar-refractivity contribution in [3.8, 4) is 0 Å². The zero-order chi connectivity index (χ0) is 15.4. The third-order valence-electron chi connectivity index (χ3n) is 4.87. The van der Waals surface area contributed by atoms with Gasteiger partial charge >= 0.3 is 140 Å². The van der Waals surface area contributed by atoms with Gasteiger partial charge in [-0.2, -0.15) is 0 Å². The van der Waals surface area contributed by atoms with E-state index in [0.717, 1.165) is 0 Å². The number of fused-ring (bicyclic) bond motifs is 2. The van der Waals surface area contributed by atoms with Crippen molar-refractivity contribution in [2.45, 2.75) is 7.35 Å².